The van der Waals surface area contributed by atoms with Crippen molar-refractivity contribution in [2.24, 2.45) is 0 Å². The molecule has 0 unspecified atom stereocenters. The Morgan fingerprint density at radius 1 is 1.30 bits per heavy atom. The number of hydrogen-bond donors (Lipinski definition) is 1. The number of rotatable bonds is 3. The van der Waals surface area contributed by atoms with E-state index in [2.05, 4.69) is 4.98 Å². The topological polar surface area (TPSA) is 65.2 Å². The van der Waals surface area contributed by atoms with Crippen molar-refractivity contribution in [1.82, 2.24) is 4.98 Å². The SMILES string of the molecule is CCOC(=O)c1sc2nc(-c3ccc(F)cc3F)ccc2c1N. The number of pyridine rings is 1. The van der Waals surface area contributed by atoms with Crippen LogP contribution >= 0.6 is 11.3 Å². The first-order valence-corrected chi connectivity index (χ1v) is 7.64. The molecule has 7 heteroatoms. The number of halogens is 2. The molecule has 0 fully saturated rings. The number of ether oxygens (including phenoxy) is 1. The maximum atomic E-state index is 13.9. The number of carbonyl (C=O) groups excluding carboxylic acids is 1. The van der Waals surface area contributed by atoms with Crippen LogP contribution in [0.15, 0.2) is 30.3 Å². The molecule has 2 aromatic heterocycles. The lowest BCUT2D eigenvalue weighted by Crippen LogP contribution is -2.04. The lowest BCUT2D eigenvalue weighted by atomic mass is 10.1. The van der Waals surface area contributed by atoms with Gasteiger partial charge in [-0.3, -0.25) is 0 Å². The highest BCUT2D eigenvalue weighted by Gasteiger charge is 2.19. The second kappa shape index (κ2) is 5.92. The van der Waals surface area contributed by atoms with Gasteiger partial charge in [-0.2, -0.15) is 0 Å². The van der Waals surface area contributed by atoms with Crippen molar-refractivity contribution in [1.29, 1.82) is 0 Å². The van der Waals surface area contributed by atoms with Crippen LogP contribution in [-0.4, -0.2) is 17.6 Å². The minimum Gasteiger partial charge on any atom is -0.462 e. The highest BCUT2D eigenvalue weighted by atomic mass is 32.1. The van der Waals surface area contributed by atoms with Crippen LogP contribution in [0, 0.1) is 11.6 Å². The molecular formula is C16H12F2N2O2S. The van der Waals surface area contributed by atoms with E-state index in [1.807, 2.05) is 0 Å². The Hall–Kier alpha value is -2.54. The maximum absolute atomic E-state index is 13.9. The normalized spacial score (nSPS) is 10.9. The number of nitrogens with zero attached hydrogens (tertiary/aromatic N) is 1. The Bertz CT molecular complexity index is 908. The molecule has 0 amide bonds. The van der Waals surface area contributed by atoms with E-state index in [4.69, 9.17) is 10.5 Å². The van der Waals surface area contributed by atoms with Crippen LogP contribution in [-0.2, 0) is 4.74 Å². The van der Waals surface area contributed by atoms with Crippen molar-refractivity contribution in [3.05, 3.63) is 46.8 Å². The van der Waals surface area contributed by atoms with Gasteiger partial charge in [0.15, 0.2) is 0 Å². The first-order chi connectivity index (χ1) is 11.0. The molecule has 3 aromatic rings. The quantitative estimate of drug-likeness (QED) is 0.735. The van der Waals surface area contributed by atoms with Crippen molar-refractivity contribution in [2.75, 3.05) is 12.3 Å². The molecule has 1 aromatic carbocycles. The summed E-state index contributed by atoms with van der Waals surface area (Å²) < 4.78 is 31.8. The van der Waals surface area contributed by atoms with Gasteiger partial charge in [-0.15, -0.1) is 11.3 Å². The van der Waals surface area contributed by atoms with Gasteiger partial charge in [0.25, 0.3) is 0 Å². The fourth-order valence-electron chi connectivity index (χ4n) is 2.19. The van der Waals surface area contributed by atoms with Crippen LogP contribution in [0.1, 0.15) is 16.6 Å². The Kier molecular flexibility index (Phi) is 3.96. The van der Waals surface area contributed by atoms with Gasteiger partial charge in [0.05, 0.1) is 18.0 Å². The van der Waals surface area contributed by atoms with Crippen molar-refractivity contribution >= 4 is 33.2 Å². The number of anilines is 1. The number of thiophene rings is 1. The van der Waals surface area contributed by atoms with E-state index in [1.165, 1.54) is 6.07 Å². The van der Waals surface area contributed by atoms with E-state index in [0.717, 1.165) is 23.5 Å². The van der Waals surface area contributed by atoms with E-state index >= 15 is 0 Å². The summed E-state index contributed by atoms with van der Waals surface area (Å²) in [5.74, 6) is -1.87. The molecule has 2 N–H and O–H groups in total. The summed E-state index contributed by atoms with van der Waals surface area (Å²) in [5.41, 5.74) is 6.77. The maximum Gasteiger partial charge on any atom is 0.350 e. The van der Waals surface area contributed by atoms with Gasteiger partial charge in [-0.25, -0.2) is 18.6 Å². The number of benzene rings is 1. The van der Waals surface area contributed by atoms with E-state index < -0.39 is 17.6 Å². The highest BCUT2D eigenvalue weighted by Crippen LogP contribution is 2.35. The van der Waals surface area contributed by atoms with Gasteiger partial charge in [0.1, 0.15) is 21.3 Å². The van der Waals surface area contributed by atoms with Crippen LogP contribution in [0.25, 0.3) is 21.5 Å². The summed E-state index contributed by atoms with van der Waals surface area (Å²) in [6.45, 7) is 1.95. The van der Waals surface area contributed by atoms with Crippen molar-refractivity contribution in [2.45, 2.75) is 6.92 Å². The first kappa shape index (κ1) is 15.4. The van der Waals surface area contributed by atoms with Gasteiger partial charge in [-0.05, 0) is 31.2 Å². The molecule has 0 saturated carbocycles. The van der Waals surface area contributed by atoms with Crippen LogP contribution < -0.4 is 5.73 Å². The zero-order chi connectivity index (χ0) is 16.6. The standard InChI is InChI=1S/C16H12F2N2O2S/c1-2-22-16(21)14-13(19)10-5-6-12(20-15(10)23-14)9-4-3-8(17)7-11(9)18/h3-7H,2,19H2,1H3. The molecule has 2 heterocycles. The molecule has 0 aliphatic carbocycles. The second-order valence-electron chi connectivity index (χ2n) is 4.74. The van der Waals surface area contributed by atoms with E-state index in [0.29, 0.717) is 21.6 Å². The van der Waals surface area contributed by atoms with Crippen LogP contribution in [0.4, 0.5) is 14.5 Å². The summed E-state index contributed by atoms with van der Waals surface area (Å²) in [4.78, 5) is 17.0. The third kappa shape index (κ3) is 2.75. The summed E-state index contributed by atoms with van der Waals surface area (Å²) in [6, 6.07) is 6.53. The molecule has 0 bridgehead atoms. The number of carbonyl (C=O) groups is 1. The third-order valence-corrected chi connectivity index (χ3v) is 4.36. The van der Waals surface area contributed by atoms with Gasteiger partial charge < -0.3 is 10.5 Å². The summed E-state index contributed by atoms with van der Waals surface area (Å²) in [7, 11) is 0. The molecule has 0 atom stereocenters. The lowest BCUT2D eigenvalue weighted by molar-refractivity contribution is 0.0533. The molecule has 0 saturated heterocycles. The Labute approximate surface area is 134 Å². The van der Waals surface area contributed by atoms with Crippen LogP contribution in [0.5, 0.6) is 0 Å². The monoisotopic (exact) mass is 334 g/mol. The van der Waals surface area contributed by atoms with Crippen molar-refractivity contribution in [3.63, 3.8) is 0 Å². The predicted molar refractivity (Wildman–Crippen MR) is 85.3 cm³/mol. The van der Waals surface area contributed by atoms with E-state index in [1.54, 1.807) is 19.1 Å². The fraction of sp³-hybridized carbons (Fsp3) is 0.125. The second-order valence-corrected chi connectivity index (χ2v) is 5.74. The van der Waals surface area contributed by atoms with Crippen LogP contribution in [0.3, 0.4) is 0 Å². The molecule has 118 valence electrons. The Balaban J connectivity index is 2.10. The number of nitrogens with two attached hydrogens (primary N) is 1. The van der Waals surface area contributed by atoms with Gasteiger partial charge in [0, 0.05) is 17.0 Å². The molecule has 0 aliphatic rings. The number of nitrogen functional groups attached to an aromatic ring is 1. The molecule has 3 rings (SSSR count). The minimum atomic E-state index is -0.702. The number of hydrogen-bond acceptors (Lipinski definition) is 5. The smallest absolute Gasteiger partial charge is 0.350 e. The van der Waals surface area contributed by atoms with Gasteiger partial charge in [-0.1, -0.05) is 0 Å². The Morgan fingerprint density at radius 3 is 2.78 bits per heavy atom. The number of fused-ring (bicyclic) bond motifs is 1. The predicted octanol–water partition coefficient (Wildman–Crippen LogP) is 4.00. The Morgan fingerprint density at radius 2 is 2.09 bits per heavy atom. The van der Waals surface area contributed by atoms with E-state index in [-0.39, 0.29) is 17.0 Å². The fourth-order valence-corrected chi connectivity index (χ4v) is 3.18. The number of esters is 1. The lowest BCUT2D eigenvalue weighted by Gasteiger charge is -2.03. The van der Waals surface area contributed by atoms with Gasteiger partial charge in [0.2, 0.25) is 0 Å². The first-order valence-electron chi connectivity index (χ1n) is 6.82. The highest BCUT2D eigenvalue weighted by molar-refractivity contribution is 7.21. The molecule has 4 nitrogen and oxygen atoms in total. The number of aromatic nitrogens is 1. The van der Waals surface area contributed by atoms with Crippen LogP contribution in [0.2, 0.25) is 0 Å². The molecule has 0 spiro atoms. The van der Waals surface area contributed by atoms with Crippen molar-refractivity contribution in [3.8, 4) is 11.3 Å². The average Bonchev–Trinajstić information content (AvgIpc) is 2.84. The molecule has 0 radical (unpaired) electrons. The average molecular weight is 334 g/mol. The van der Waals surface area contributed by atoms with E-state index in [9.17, 15) is 13.6 Å². The zero-order valence-electron chi connectivity index (χ0n) is 12.1. The van der Waals surface area contributed by atoms with Gasteiger partial charge >= 0.3 is 5.97 Å². The summed E-state index contributed by atoms with van der Waals surface area (Å²) in [5, 5.41) is 0.601. The molecule has 23 heavy (non-hydrogen) atoms. The molecular weight excluding hydrogens is 322 g/mol. The largest absolute Gasteiger partial charge is 0.462 e. The minimum absolute atomic E-state index is 0.179. The summed E-state index contributed by atoms with van der Waals surface area (Å²) in [6.07, 6.45) is 0. The summed E-state index contributed by atoms with van der Waals surface area (Å²) >= 11 is 1.08. The van der Waals surface area contributed by atoms with Crippen molar-refractivity contribution < 1.29 is 18.3 Å². The third-order valence-electron chi connectivity index (χ3n) is 3.26. The molecule has 0 aliphatic heterocycles. The zero-order valence-corrected chi connectivity index (χ0v) is 12.9.